The number of hydrogen-bond acceptors (Lipinski definition) is 7. The molecule has 0 N–H and O–H groups in total. The molecule has 0 fully saturated rings. The van der Waals surface area contributed by atoms with Crippen molar-refractivity contribution in [2.45, 2.75) is 31.4 Å². The van der Waals surface area contributed by atoms with Gasteiger partial charge in [-0.1, -0.05) is 30.3 Å². The zero-order chi connectivity index (χ0) is 20.4. The van der Waals surface area contributed by atoms with Gasteiger partial charge in [0.1, 0.15) is 0 Å². The van der Waals surface area contributed by atoms with E-state index in [1.807, 2.05) is 24.3 Å². The van der Waals surface area contributed by atoms with Crippen molar-refractivity contribution in [2.75, 3.05) is 6.54 Å². The molecule has 1 aliphatic heterocycles. The minimum atomic E-state index is -3.74. The lowest BCUT2D eigenvalue weighted by Crippen LogP contribution is -2.36. The van der Waals surface area contributed by atoms with Gasteiger partial charge < -0.3 is 9.15 Å². The van der Waals surface area contributed by atoms with Crippen LogP contribution in [-0.4, -0.2) is 35.4 Å². The van der Waals surface area contributed by atoms with E-state index in [9.17, 15) is 13.2 Å². The summed E-state index contributed by atoms with van der Waals surface area (Å²) in [4.78, 5) is 12.4. The fraction of sp³-hybridized carbons (Fsp3) is 0.250. The Morgan fingerprint density at radius 3 is 2.69 bits per heavy atom. The van der Waals surface area contributed by atoms with E-state index in [2.05, 4.69) is 10.2 Å². The van der Waals surface area contributed by atoms with Crippen LogP contribution in [0.25, 0.3) is 0 Å². The fourth-order valence-corrected chi connectivity index (χ4v) is 4.68. The van der Waals surface area contributed by atoms with Crippen molar-refractivity contribution in [3.05, 3.63) is 77.0 Å². The number of rotatable bonds is 5. The maximum atomic E-state index is 13.1. The van der Waals surface area contributed by atoms with Gasteiger partial charge in [-0.2, -0.15) is 4.31 Å². The first-order chi connectivity index (χ1) is 13.9. The van der Waals surface area contributed by atoms with Gasteiger partial charge in [0.05, 0.1) is 10.5 Å². The molecule has 0 bridgehead atoms. The Hall–Kier alpha value is -3.04. The highest BCUT2D eigenvalue weighted by molar-refractivity contribution is 7.89. The Balaban J connectivity index is 1.51. The predicted octanol–water partition coefficient (Wildman–Crippen LogP) is 2.48. The van der Waals surface area contributed by atoms with Crippen molar-refractivity contribution in [1.29, 1.82) is 0 Å². The number of aryl methyl sites for hydroxylation is 1. The van der Waals surface area contributed by atoms with Crippen molar-refractivity contribution in [1.82, 2.24) is 14.5 Å². The third-order valence-corrected chi connectivity index (χ3v) is 6.54. The summed E-state index contributed by atoms with van der Waals surface area (Å²) in [5, 5.41) is 7.41. The third kappa shape index (κ3) is 4.06. The normalized spacial score (nSPS) is 14.4. The van der Waals surface area contributed by atoms with Crippen LogP contribution in [0.5, 0.6) is 0 Å². The highest BCUT2D eigenvalue weighted by Crippen LogP contribution is 2.25. The molecular formula is C20H19N3O5S. The van der Waals surface area contributed by atoms with Crippen LogP contribution in [0.1, 0.15) is 33.3 Å². The molecule has 4 rings (SSSR count). The summed E-state index contributed by atoms with van der Waals surface area (Å²) in [6.07, 6.45) is 0.654. The zero-order valence-corrected chi connectivity index (χ0v) is 16.6. The Morgan fingerprint density at radius 1 is 1.14 bits per heavy atom. The van der Waals surface area contributed by atoms with Crippen molar-refractivity contribution in [2.24, 2.45) is 0 Å². The minimum absolute atomic E-state index is 0.0555. The molecule has 0 radical (unpaired) electrons. The molecule has 9 heteroatoms. The average molecular weight is 413 g/mol. The van der Waals surface area contributed by atoms with Crippen LogP contribution in [0.3, 0.4) is 0 Å². The van der Waals surface area contributed by atoms with E-state index in [1.165, 1.54) is 28.6 Å². The lowest BCUT2D eigenvalue weighted by Gasteiger charge is -2.28. The standard InChI is InChI=1S/C20H19N3O5S/c1-14-21-22-19(28-14)13-27-20(24)16-7-4-8-18(11-16)29(25,26)23-10-9-15-5-2-3-6-17(15)12-23/h2-8,11H,9-10,12-13H2,1H3. The average Bonchev–Trinajstić information content (AvgIpc) is 3.17. The molecule has 0 amide bonds. The van der Waals surface area contributed by atoms with Crippen LogP contribution in [0.15, 0.2) is 57.8 Å². The molecule has 0 saturated heterocycles. The molecule has 1 aromatic heterocycles. The Bertz CT molecular complexity index is 1160. The Kier molecular flexibility index (Phi) is 5.16. The molecule has 2 aromatic carbocycles. The predicted molar refractivity (Wildman–Crippen MR) is 102 cm³/mol. The van der Waals surface area contributed by atoms with Crippen molar-refractivity contribution < 1.29 is 22.4 Å². The molecule has 3 aromatic rings. The Morgan fingerprint density at radius 2 is 1.93 bits per heavy atom. The number of sulfonamides is 1. The topological polar surface area (TPSA) is 103 Å². The summed E-state index contributed by atoms with van der Waals surface area (Å²) in [7, 11) is -3.74. The molecule has 0 saturated carbocycles. The summed E-state index contributed by atoms with van der Waals surface area (Å²) in [5.74, 6) is -0.124. The van der Waals surface area contributed by atoms with Gasteiger partial charge in [0.2, 0.25) is 15.9 Å². The zero-order valence-electron chi connectivity index (χ0n) is 15.7. The van der Waals surface area contributed by atoms with Crippen LogP contribution < -0.4 is 0 Å². The van der Waals surface area contributed by atoms with Crippen LogP contribution >= 0.6 is 0 Å². The molecule has 1 aliphatic rings. The summed E-state index contributed by atoms with van der Waals surface area (Å²) in [6, 6.07) is 13.6. The number of aromatic nitrogens is 2. The lowest BCUT2D eigenvalue weighted by atomic mass is 10.0. The largest absolute Gasteiger partial charge is 0.452 e. The Labute approximate surface area is 168 Å². The maximum absolute atomic E-state index is 13.1. The summed E-state index contributed by atoms with van der Waals surface area (Å²) >= 11 is 0. The van der Waals surface area contributed by atoms with E-state index in [0.717, 1.165) is 11.1 Å². The number of benzene rings is 2. The van der Waals surface area contributed by atoms with Gasteiger partial charge in [0.25, 0.3) is 5.89 Å². The van der Waals surface area contributed by atoms with Crippen molar-refractivity contribution >= 4 is 16.0 Å². The van der Waals surface area contributed by atoms with E-state index in [1.54, 1.807) is 6.92 Å². The molecule has 29 heavy (non-hydrogen) atoms. The van der Waals surface area contributed by atoms with Gasteiger partial charge >= 0.3 is 5.97 Å². The second-order valence-corrected chi connectivity index (χ2v) is 8.61. The van der Waals surface area contributed by atoms with Crippen LogP contribution in [-0.2, 0) is 34.3 Å². The van der Waals surface area contributed by atoms with Crippen LogP contribution in [0.2, 0.25) is 0 Å². The van der Waals surface area contributed by atoms with E-state index in [0.29, 0.717) is 25.4 Å². The van der Waals surface area contributed by atoms with Crippen LogP contribution in [0, 0.1) is 6.92 Å². The molecular weight excluding hydrogens is 394 g/mol. The monoisotopic (exact) mass is 413 g/mol. The summed E-state index contributed by atoms with van der Waals surface area (Å²) < 4.78 is 37.9. The smallest absolute Gasteiger partial charge is 0.338 e. The fourth-order valence-electron chi connectivity index (χ4n) is 3.21. The van der Waals surface area contributed by atoms with Gasteiger partial charge in [-0.3, -0.25) is 0 Å². The first-order valence-corrected chi connectivity index (χ1v) is 10.5. The van der Waals surface area contributed by atoms with Gasteiger partial charge in [-0.05, 0) is 35.7 Å². The molecule has 2 heterocycles. The number of esters is 1. The number of carbonyl (C=O) groups is 1. The van der Waals surface area contributed by atoms with E-state index in [4.69, 9.17) is 9.15 Å². The van der Waals surface area contributed by atoms with E-state index < -0.39 is 16.0 Å². The summed E-state index contributed by atoms with van der Waals surface area (Å²) in [5.41, 5.74) is 2.29. The molecule has 0 unspecified atom stereocenters. The van der Waals surface area contributed by atoms with E-state index >= 15 is 0 Å². The lowest BCUT2D eigenvalue weighted by molar-refractivity contribution is 0.0436. The highest BCUT2D eigenvalue weighted by atomic mass is 32.2. The SMILES string of the molecule is Cc1nnc(COC(=O)c2cccc(S(=O)(=O)N3CCc4ccccc4C3)c2)o1. The number of nitrogens with zero attached hydrogens (tertiary/aromatic N) is 3. The first kappa shape index (κ1) is 19.3. The van der Waals surface area contributed by atoms with Gasteiger partial charge in [0.15, 0.2) is 6.61 Å². The van der Waals surface area contributed by atoms with Gasteiger partial charge in [-0.25, -0.2) is 13.2 Å². The van der Waals surface area contributed by atoms with Crippen LogP contribution in [0.4, 0.5) is 0 Å². The number of hydrogen-bond donors (Lipinski definition) is 0. The number of carbonyl (C=O) groups excluding carboxylic acids is 1. The minimum Gasteiger partial charge on any atom is -0.452 e. The number of fused-ring (bicyclic) bond motifs is 1. The second-order valence-electron chi connectivity index (χ2n) is 6.68. The molecule has 150 valence electrons. The van der Waals surface area contributed by atoms with Crippen molar-refractivity contribution in [3.63, 3.8) is 0 Å². The van der Waals surface area contributed by atoms with Gasteiger partial charge in [0, 0.05) is 20.0 Å². The molecule has 0 spiro atoms. The summed E-state index contributed by atoms with van der Waals surface area (Å²) in [6.45, 7) is 2.15. The quantitative estimate of drug-likeness (QED) is 0.592. The first-order valence-electron chi connectivity index (χ1n) is 9.06. The van der Waals surface area contributed by atoms with Crippen molar-refractivity contribution in [3.8, 4) is 0 Å². The molecule has 0 atom stereocenters. The second kappa shape index (κ2) is 7.76. The number of ether oxygens (including phenoxy) is 1. The molecule has 0 aliphatic carbocycles. The van der Waals surface area contributed by atoms with Gasteiger partial charge in [-0.15, -0.1) is 10.2 Å². The van der Waals surface area contributed by atoms with E-state index in [-0.39, 0.29) is 23.0 Å². The third-order valence-electron chi connectivity index (χ3n) is 4.70. The molecule has 8 nitrogen and oxygen atoms in total. The maximum Gasteiger partial charge on any atom is 0.338 e. The highest BCUT2D eigenvalue weighted by Gasteiger charge is 2.28.